The van der Waals surface area contributed by atoms with E-state index in [0.29, 0.717) is 24.6 Å². The predicted octanol–water partition coefficient (Wildman–Crippen LogP) is 2.41. The molecule has 1 saturated heterocycles. The fourth-order valence-electron chi connectivity index (χ4n) is 2.72. The first-order valence-corrected chi connectivity index (χ1v) is 8.46. The lowest BCUT2D eigenvalue weighted by molar-refractivity contribution is 0.0942. The molecule has 1 amide bonds. The molecule has 3 rings (SSSR count). The molecule has 0 aliphatic carbocycles. The molecule has 0 radical (unpaired) electrons. The van der Waals surface area contributed by atoms with E-state index in [1.54, 1.807) is 18.2 Å². The molecule has 1 aromatic carbocycles. The number of carbonyl (C=O) groups excluding carboxylic acids is 1. The van der Waals surface area contributed by atoms with Crippen LogP contribution in [-0.4, -0.2) is 42.1 Å². The Hall–Kier alpha value is -2.70. The number of nitrogens with one attached hydrogen (secondary N) is 1. The highest BCUT2D eigenvalue weighted by Gasteiger charge is 2.15. The average Bonchev–Trinajstić information content (AvgIpc) is 2.67. The fraction of sp³-hybridized carbons (Fsp3) is 0.389. The maximum atomic E-state index is 12.8. The van der Waals surface area contributed by atoms with Crippen molar-refractivity contribution in [2.75, 3.05) is 31.1 Å². The number of piperidine rings is 1. The molecule has 0 bridgehead atoms. The second kappa shape index (κ2) is 8.41. The van der Waals surface area contributed by atoms with E-state index in [1.807, 2.05) is 0 Å². The first-order valence-electron chi connectivity index (χ1n) is 8.46. The summed E-state index contributed by atoms with van der Waals surface area (Å²) < 4.78 is 18.3. The summed E-state index contributed by atoms with van der Waals surface area (Å²) in [5.41, 5.74) is 0.345. The van der Waals surface area contributed by atoms with Gasteiger partial charge in [0.25, 0.3) is 5.91 Å². The third-order valence-corrected chi connectivity index (χ3v) is 4.04. The Bertz CT molecular complexity index is 702. The van der Waals surface area contributed by atoms with E-state index in [4.69, 9.17) is 4.74 Å². The maximum absolute atomic E-state index is 12.8. The van der Waals surface area contributed by atoms with Crippen molar-refractivity contribution < 1.29 is 13.9 Å². The number of amides is 1. The van der Waals surface area contributed by atoms with E-state index in [1.165, 1.54) is 24.9 Å². The number of anilines is 1. The van der Waals surface area contributed by atoms with Crippen LogP contribution in [0.15, 0.2) is 36.7 Å². The number of hydrogen-bond donors (Lipinski definition) is 1. The number of hydrogen-bond acceptors (Lipinski definition) is 5. The van der Waals surface area contributed by atoms with Gasteiger partial charge in [0.05, 0.1) is 6.54 Å². The summed E-state index contributed by atoms with van der Waals surface area (Å²) in [6.45, 7) is 2.55. The lowest BCUT2D eigenvalue weighted by atomic mass is 10.1. The van der Waals surface area contributed by atoms with Crippen LogP contribution in [0.25, 0.3) is 0 Å². The Morgan fingerprint density at radius 1 is 1.16 bits per heavy atom. The minimum atomic E-state index is -0.311. The third-order valence-electron chi connectivity index (χ3n) is 4.04. The van der Waals surface area contributed by atoms with E-state index >= 15 is 0 Å². The zero-order valence-corrected chi connectivity index (χ0v) is 13.9. The zero-order valence-electron chi connectivity index (χ0n) is 13.9. The van der Waals surface area contributed by atoms with Crippen LogP contribution in [-0.2, 0) is 0 Å². The third kappa shape index (κ3) is 4.89. The molecule has 1 aromatic heterocycles. The van der Waals surface area contributed by atoms with Gasteiger partial charge < -0.3 is 15.0 Å². The highest BCUT2D eigenvalue weighted by atomic mass is 19.1. The summed E-state index contributed by atoms with van der Waals surface area (Å²) in [6.07, 6.45) is 4.95. The Balaban J connectivity index is 1.48. The summed E-state index contributed by atoms with van der Waals surface area (Å²) in [4.78, 5) is 22.7. The monoisotopic (exact) mass is 344 g/mol. The van der Waals surface area contributed by atoms with Crippen LogP contribution in [0.3, 0.4) is 0 Å². The first-order chi connectivity index (χ1) is 12.2. The molecule has 132 valence electrons. The van der Waals surface area contributed by atoms with Crippen molar-refractivity contribution in [3.05, 3.63) is 48.2 Å². The smallest absolute Gasteiger partial charge is 0.270 e. The second-order valence-corrected chi connectivity index (χ2v) is 5.87. The Kier molecular flexibility index (Phi) is 5.77. The molecule has 1 fully saturated rings. The number of carbonyl (C=O) groups is 1. The fourth-order valence-corrected chi connectivity index (χ4v) is 2.72. The van der Waals surface area contributed by atoms with Gasteiger partial charge in [0.15, 0.2) is 0 Å². The number of halogens is 1. The summed E-state index contributed by atoms with van der Waals surface area (Å²) in [7, 11) is 0. The minimum Gasteiger partial charge on any atom is -0.492 e. The quantitative estimate of drug-likeness (QED) is 0.815. The number of aromatic nitrogens is 2. The molecule has 1 aliphatic rings. The van der Waals surface area contributed by atoms with Crippen molar-refractivity contribution in [1.29, 1.82) is 0 Å². The van der Waals surface area contributed by atoms with Crippen molar-refractivity contribution in [2.24, 2.45) is 0 Å². The van der Waals surface area contributed by atoms with E-state index < -0.39 is 0 Å². The summed E-state index contributed by atoms with van der Waals surface area (Å²) in [5, 5.41) is 2.76. The van der Waals surface area contributed by atoms with E-state index in [-0.39, 0.29) is 11.7 Å². The number of nitrogens with zero attached hydrogens (tertiary/aromatic N) is 3. The molecule has 0 saturated carbocycles. The van der Waals surface area contributed by atoms with E-state index in [2.05, 4.69) is 20.2 Å². The maximum Gasteiger partial charge on any atom is 0.270 e. The normalized spacial score (nSPS) is 14.2. The molecule has 0 atom stereocenters. The summed E-state index contributed by atoms with van der Waals surface area (Å²) >= 11 is 0. The van der Waals surface area contributed by atoms with Crippen LogP contribution < -0.4 is 15.0 Å². The van der Waals surface area contributed by atoms with Crippen molar-refractivity contribution in [3.8, 4) is 5.75 Å². The highest BCUT2D eigenvalue weighted by molar-refractivity contribution is 5.92. The Morgan fingerprint density at radius 2 is 1.92 bits per heavy atom. The van der Waals surface area contributed by atoms with Crippen LogP contribution in [0.5, 0.6) is 5.75 Å². The van der Waals surface area contributed by atoms with Crippen LogP contribution in [0.2, 0.25) is 0 Å². The molecule has 0 spiro atoms. The number of ether oxygens (including phenoxy) is 1. The number of benzene rings is 1. The van der Waals surface area contributed by atoms with Gasteiger partial charge in [0.2, 0.25) is 0 Å². The van der Waals surface area contributed by atoms with Crippen molar-refractivity contribution >= 4 is 11.7 Å². The Labute approximate surface area is 146 Å². The predicted molar refractivity (Wildman–Crippen MR) is 92.3 cm³/mol. The molecule has 6 nitrogen and oxygen atoms in total. The van der Waals surface area contributed by atoms with Gasteiger partial charge in [-0.2, -0.15) is 0 Å². The summed E-state index contributed by atoms with van der Waals surface area (Å²) in [5.74, 6) is 0.782. The molecule has 25 heavy (non-hydrogen) atoms. The van der Waals surface area contributed by atoms with Gasteiger partial charge in [-0.15, -0.1) is 0 Å². The number of rotatable bonds is 6. The lowest BCUT2D eigenvalue weighted by Gasteiger charge is -2.27. The van der Waals surface area contributed by atoms with Crippen molar-refractivity contribution in [2.45, 2.75) is 19.3 Å². The largest absolute Gasteiger partial charge is 0.492 e. The van der Waals surface area contributed by atoms with Gasteiger partial charge in [-0.1, -0.05) is 0 Å². The standard InChI is InChI=1S/C18H21FN4O2/c19-14-4-6-15(7-5-14)25-11-8-20-18(24)16-12-17(22-13-21-16)23-9-2-1-3-10-23/h4-7,12-13H,1-3,8-11H2,(H,20,24). The van der Waals surface area contributed by atoms with Crippen LogP contribution in [0, 0.1) is 5.82 Å². The van der Waals surface area contributed by atoms with Crippen LogP contribution in [0.1, 0.15) is 29.8 Å². The van der Waals surface area contributed by atoms with Crippen molar-refractivity contribution in [3.63, 3.8) is 0 Å². The molecule has 1 N–H and O–H groups in total. The highest BCUT2D eigenvalue weighted by Crippen LogP contribution is 2.17. The van der Waals surface area contributed by atoms with E-state index in [0.717, 1.165) is 31.7 Å². The molecule has 7 heteroatoms. The topological polar surface area (TPSA) is 67.3 Å². The lowest BCUT2D eigenvalue weighted by Crippen LogP contribution is -2.32. The van der Waals surface area contributed by atoms with Gasteiger partial charge >= 0.3 is 0 Å². The van der Waals surface area contributed by atoms with Crippen molar-refractivity contribution in [1.82, 2.24) is 15.3 Å². The molecular weight excluding hydrogens is 323 g/mol. The van der Waals surface area contributed by atoms with Crippen LogP contribution in [0.4, 0.5) is 10.2 Å². The molecule has 2 aromatic rings. The van der Waals surface area contributed by atoms with Gasteiger partial charge in [-0.05, 0) is 43.5 Å². The van der Waals surface area contributed by atoms with Gasteiger partial charge in [-0.25, -0.2) is 14.4 Å². The zero-order chi connectivity index (χ0) is 17.5. The van der Waals surface area contributed by atoms with Crippen LogP contribution >= 0.6 is 0 Å². The average molecular weight is 344 g/mol. The van der Waals surface area contributed by atoms with Gasteiger partial charge in [0, 0.05) is 19.2 Å². The SMILES string of the molecule is O=C(NCCOc1ccc(F)cc1)c1cc(N2CCCCC2)ncn1. The minimum absolute atomic E-state index is 0.261. The van der Waals surface area contributed by atoms with Gasteiger partial charge in [0.1, 0.15) is 36.0 Å². The summed E-state index contributed by atoms with van der Waals surface area (Å²) in [6, 6.07) is 7.48. The molecule has 0 unspecified atom stereocenters. The Morgan fingerprint density at radius 3 is 2.68 bits per heavy atom. The van der Waals surface area contributed by atoms with E-state index in [9.17, 15) is 9.18 Å². The second-order valence-electron chi connectivity index (χ2n) is 5.87. The molecular formula is C18H21FN4O2. The van der Waals surface area contributed by atoms with Gasteiger partial charge in [-0.3, -0.25) is 4.79 Å². The molecule has 1 aliphatic heterocycles. The first kappa shape index (κ1) is 17.1. The molecule has 2 heterocycles.